The van der Waals surface area contributed by atoms with Gasteiger partial charge in [-0.3, -0.25) is 4.79 Å². The molecule has 3 N–H and O–H groups in total. The number of fused-ring (bicyclic) bond motifs is 1. The molecule has 0 aliphatic heterocycles. The topological polar surface area (TPSA) is 62.1 Å². The van der Waals surface area contributed by atoms with Crippen molar-refractivity contribution in [2.75, 3.05) is 19.3 Å². The summed E-state index contributed by atoms with van der Waals surface area (Å²) in [7, 11) is 1.83. The number of H-pyrrole nitrogens is 1. The van der Waals surface area contributed by atoms with Crippen LogP contribution in [0.1, 0.15) is 30.3 Å². The minimum absolute atomic E-state index is 0.0261. The van der Waals surface area contributed by atoms with E-state index in [2.05, 4.69) is 11.9 Å². The second-order valence-corrected chi connectivity index (χ2v) is 4.61. The molecule has 0 saturated carbocycles. The summed E-state index contributed by atoms with van der Waals surface area (Å²) in [5.41, 5.74) is 7.99. The lowest BCUT2D eigenvalue weighted by Crippen LogP contribution is -2.27. The molecule has 0 aliphatic rings. The molecule has 2 aromatic rings. The largest absolute Gasteiger partial charge is 0.399 e. The number of hydrogen-bond donors (Lipinski definition) is 2. The molecule has 1 heterocycles. The average Bonchev–Trinajstić information content (AvgIpc) is 2.77. The van der Waals surface area contributed by atoms with Crippen LogP contribution in [0.3, 0.4) is 0 Å². The van der Waals surface area contributed by atoms with Gasteiger partial charge in [-0.05, 0) is 30.7 Å². The Balaban J connectivity index is 2.22. The zero-order chi connectivity index (χ0) is 13.1. The SMILES string of the molecule is CCCCN(C)C(=O)c1cc2cc(N)ccc2[nH]1. The summed E-state index contributed by atoms with van der Waals surface area (Å²) < 4.78 is 0. The highest BCUT2D eigenvalue weighted by atomic mass is 16.2. The molecule has 1 amide bonds. The number of nitrogens with two attached hydrogens (primary N) is 1. The van der Waals surface area contributed by atoms with Gasteiger partial charge in [-0.2, -0.15) is 0 Å². The van der Waals surface area contributed by atoms with Gasteiger partial charge in [0.15, 0.2) is 0 Å². The van der Waals surface area contributed by atoms with Crippen LogP contribution in [0.4, 0.5) is 5.69 Å². The molecular formula is C14H19N3O. The summed E-state index contributed by atoms with van der Waals surface area (Å²) in [5, 5.41) is 0.974. The molecule has 0 bridgehead atoms. The van der Waals surface area contributed by atoms with E-state index in [0.717, 1.165) is 30.3 Å². The summed E-state index contributed by atoms with van der Waals surface area (Å²) in [6.45, 7) is 2.90. The first-order valence-corrected chi connectivity index (χ1v) is 6.25. The lowest BCUT2D eigenvalue weighted by molar-refractivity contribution is 0.0788. The van der Waals surface area contributed by atoms with Gasteiger partial charge in [-0.1, -0.05) is 13.3 Å². The van der Waals surface area contributed by atoms with Crippen LogP contribution in [0, 0.1) is 0 Å². The van der Waals surface area contributed by atoms with Gasteiger partial charge < -0.3 is 15.6 Å². The number of aromatic nitrogens is 1. The van der Waals surface area contributed by atoms with Gasteiger partial charge in [0, 0.05) is 30.2 Å². The molecule has 0 unspecified atom stereocenters. The first kappa shape index (κ1) is 12.5. The maximum atomic E-state index is 12.2. The van der Waals surface area contributed by atoms with Gasteiger partial charge in [-0.25, -0.2) is 0 Å². The second kappa shape index (κ2) is 5.12. The molecular weight excluding hydrogens is 226 g/mol. The van der Waals surface area contributed by atoms with E-state index in [4.69, 9.17) is 5.73 Å². The van der Waals surface area contributed by atoms with Crippen molar-refractivity contribution in [3.63, 3.8) is 0 Å². The quantitative estimate of drug-likeness (QED) is 0.813. The van der Waals surface area contributed by atoms with Crippen LogP contribution in [0.5, 0.6) is 0 Å². The Morgan fingerprint density at radius 1 is 1.39 bits per heavy atom. The number of carbonyl (C=O) groups excluding carboxylic acids is 1. The van der Waals surface area contributed by atoms with Gasteiger partial charge in [0.1, 0.15) is 5.69 Å². The van der Waals surface area contributed by atoms with Crippen molar-refractivity contribution in [1.82, 2.24) is 9.88 Å². The standard InChI is InChI=1S/C14H19N3O/c1-3-4-7-17(2)14(18)13-9-10-8-11(15)5-6-12(10)16-13/h5-6,8-9,16H,3-4,7,15H2,1-2H3. The smallest absolute Gasteiger partial charge is 0.270 e. The van der Waals surface area contributed by atoms with Crippen molar-refractivity contribution in [3.05, 3.63) is 30.0 Å². The number of nitrogen functional groups attached to an aromatic ring is 1. The van der Waals surface area contributed by atoms with E-state index >= 15 is 0 Å². The Hall–Kier alpha value is -1.97. The highest BCUT2D eigenvalue weighted by Crippen LogP contribution is 2.19. The Morgan fingerprint density at radius 3 is 2.89 bits per heavy atom. The van der Waals surface area contributed by atoms with E-state index in [0.29, 0.717) is 11.4 Å². The number of nitrogens with one attached hydrogen (secondary N) is 1. The molecule has 0 aliphatic carbocycles. The van der Waals surface area contributed by atoms with Crippen molar-refractivity contribution in [3.8, 4) is 0 Å². The van der Waals surface area contributed by atoms with Crippen LogP contribution in [-0.4, -0.2) is 29.4 Å². The van der Waals surface area contributed by atoms with Gasteiger partial charge in [-0.15, -0.1) is 0 Å². The summed E-state index contributed by atoms with van der Waals surface area (Å²) in [4.78, 5) is 17.0. The van der Waals surface area contributed by atoms with Gasteiger partial charge in [0.05, 0.1) is 0 Å². The molecule has 18 heavy (non-hydrogen) atoms. The third-order valence-electron chi connectivity index (χ3n) is 3.07. The van der Waals surface area contributed by atoms with Crippen LogP contribution in [-0.2, 0) is 0 Å². The zero-order valence-corrected chi connectivity index (χ0v) is 10.9. The van der Waals surface area contributed by atoms with E-state index < -0.39 is 0 Å². The van der Waals surface area contributed by atoms with E-state index in [9.17, 15) is 4.79 Å². The lowest BCUT2D eigenvalue weighted by atomic mass is 10.2. The van der Waals surface area contributed by atoms with E-state index in [-0.39, 0.29) is 5.91 Å². The third kappa shape index (κ3) is 2.47. The minimum atomic E-state index is 0.0261. The molecule has 0 fully saturated rings. The molecule has 96 valence electrons. The number of nitrogens with zero attached hydrogens (tertiary/aromatic N) is 1. The monoisotopic (exact) mass is 245 g/mol. The maximum Gasteiger partial charge on any atom is 0.270 e. The van der Waals surface area contributed by atoms with Crippen molar-refractivity contribution < 1.29 is 4.79 Å². The van der Waals surface area contributed by atoms with Gasteiger partial charge in [0.25, 0.3) is 5.91 Å². The Bertz CT molecular complexity index is 559. The summed E-state index contributed by atoms with van der Waals surface area (Å²) in [5.74, 6) is 0.0261. The molecule has 4 heteroatoms. The predicted molar refractivity (Wildman–Crippen MR) is 74.6 cm³/mol. The molecule has 0 saturated heterocycles. The lowest BCUT2D eigenvalue weighted by Gasteiger charge is -2.15. The molecule has 1 aromatic heterocycles. The molecule has 2 rings (SSSR count). The Kier molecular flexibility index (Phi) is 3.55. The van der Waals surface area contributed by atoms with Crippen molar-refractivity contribution >= 4 is 22.5 Å². The van der Waals surface area contributed by atoms with Crippen molar-refractivity contribution in [1.29, 1.82) is 0 Å². The maximum absolute atomic E-state index is 12.2. The summed E-state index contributed by atoms with van der Waals surface area (Å²) >= 11 is 0. The fraction of sp³-hybridized carbons (Fsp3) is 0.357. The van der Waals surface area contributed by atoms with E-state index in [1.54, 1.807) is 4.90 Å². The first-order chi connectivity index (χ1) is 8.61. The number of carbonyl (C=O) groups is 1. The van der Waals surface area contributed by atoms with Crippen LogP contribution >= 0.6 is 0 Å². The number of aromatic amines is 1. The number of anilines is 1. The van der Waals surface area contributed by atoms with Crippen LogP contribution < -0.4 is 5.73 Å². The predicted octanol–water partition coefficient (Wildman–Crippen LogP) is 2.62. The van der Waals surface area contributed by atoms with Gasteiger partial charge in [0.2, 0.25) is 0 Å². The zero-order valence-electron chi connectivity index (χ0n) is 10.9. The van der Waals surface area contributed by atoms with Gasteiger partial charge >= 0.3 is 0 Å². The van der Waals surface area contributed by atoms with Crippen molar-refractivity contribution in [2.24, 2.45) is 0 Å². The van der Waals surface area contributed by atoms with Crippen LogP contribution in [0.25, 0.3) is 10.9 Å². The van der Waals surface area contributed by atoms with Crippen LogP contribution in [0.2, 0.25) is 0 Å². The molecule has 4 nitrogen and oxygen atoms in total. The number of unbranched alkanes of at least 4 members (excludes halogenated alkanes) is 1. The fourth-order valence-corrected chi connectivity index (χ4v) is 1.97. The second-order valence-electron chi connectivity index (χ2n) is 4.61. The molecule has 1 aromatic carbocycles. The highest BCUT2D eigenvalue weighted by molar-refractivity contribution is 5.98. The normalized spacial score (nSPS) is 10.8. The highest BCUT2D eigenvalue weighted by Gasteiger charge is 2.13. The average molecular weight is 245 g/mol. The number of rotatable bonds is 4. The Morgan fingerprint density at radius 2 is 2.17 bits per heavy atom. The number of hydrogen-bond acceptors (Lipinski definition) is 2. The number of benzene rings is 1. The summed E-state index contributed by atoms with van der Waals surface area (Å²) in [6, 6.07) is 7.45. The molecule has 0 spiro atoms. The molecule has 0 radical (unpaired) electrons. The first-order valence-electron chi connectivity index (χ1n) is 6.25. The molecule has 0 atom stereocenters. The van der Waals surface area contributed by atoms with Crippen LogP contribution in [0.15, 0.2) is 24.3 Å². The van der Waals surface area contributed by atoms with E-state index in [1.165, 1.54) is 0 Å². The van der Waals surface area contributed by atoms with Crippen molar-refractivity contribution in [2.45, 2.75) is 19.8 Å². The fourth-order valence-electron chi connectivity index (χ4n) is 1.97. The summed E-state index contributed by atoms with van der Waals surface area (Å²) in [6.07, 6.45) is 2.11. The van der Waals surface area contributed by atoms with E-state index in [1.807, 2.05) is 31.3 Å². The minimum Gasteiger partial charge on any atom is -0.399 e. The third-order valence-corrected chi connectivity index (χ3v) is 3.07. The Labute approximate surface area is 107 Å². The number of amides is 1.